The van der Waals surface area contributed by atoms with Gasteiger partial charge in [0.25, 0.3) is 0 Å². The van der Waals surface area contributed by atoms with E-state index in [1.54, 1.807) is 6.07 Å². The van der Waals surface area contributed by atoms with E-state index in [1.165, 1.54) is 10.9 Å². The molecule has 0 bridgehead atoms. The molecule has 0 spiro atoms. The van der Waals surface area contributed by atoms with Crippen molar-refractivity contribution < 1.29 is 0 Å². The second-order valence-electron chi connectivity index (χ2n) is 2.42. The number of nitrogens with zero attached hydrogens (tertiary/aromatic N) is 3. The number of aromatic nitrogens is 3. The molecule has 5 heteroatoms. The average molecular weight is 214 g/mol. The Labute approximate surface area is 84.9 Å². The number of hydrogen-bond acceptors (Lipinski definition) is 2. The number of halogens is 2. The summed E-state index contributed by atoms with van der Waals surface area (Å²) < 4.78 is 1.48. The summed E-state index contributed by atoms with van der Waals surface area (Å²) in [5.74, 6) is 0. The molecule has 0 aliphatic heterocycles. The highest BCUT2D eigenvalue weighted by Gasteiger charge is 2.05. The van der Waals surface area contributed by atoms with Crippen LogP contribution in [-0.2, 0) is 0 Å². The van der Waals surface area contributed by atoms with Crippen LogP contribution in [0.4, 0.5) is 0 Å². The molecule has 13 heavy (non-hydrogen) atoms. The van der Waals surface area contributed by atoms with Gasteiger partial charge < -0.3 is 0 Å². The van der Waals surface area contributed by atoms with Crippen LogP contribution in [0.15, 0.2) is 30.5 Å². The second kappa shape index (κ2) is 3.36. The van der Waals surface area contributed by atoms with Gasteiger partial charge in [-0.25, -0.2) is 4.68 Å². The highest BCUT2D eigenvalue weighted by atomic mass is 35.5. The fourth-order valence-electron chi connectivity index (χ4n) is 1.01. The Morgan fingerprint density at radius 2 is 1.92 bits per heavy atom. The van der Waals surface area contributed by atoms with E-state index in [-0.39, 0.29) is 0 Å². The summed E-state index contributed by atoms with van der Waals surface area (Å²) in [5, 5.41) is 8.49. The van der Waals surface area contributed by atoms with E-state index in [4.69, 9.17) is 23.2 Å². The minimum atomic E-state index is 0.438. The van der Waals surface area contributed by atoms with Gasteiger partial charge in [-0.2, -0.15) is 0 Å². The van der Waals surface area contributed by atoms with Gasteiger partial charge in [-0.15, -0.1) is 5.10 Å². The molecule has 0 fully saturated rings. The molecule has 0 radical (unpaired) electrons. The molecule has 2 aromatic rings. The Bertz CT molecular complexity index is 425. The van der Waals surface area contributed by atoms with Crippen molar-refractivity contribution in [1.29, 1.82) is 0 Å². The first-order chi connectivity index (χ1) is 6.29. The van der Waals surface area contributed by atoms with Gasteiger partial charge in [0, 0.05) is 0 Å². The number of hydrogen-bond donors (Lipinski definition) is 0. The van der Waals surface area contributed by atoms with Crippen LogP contribution in [0, 0.1) is 0 Å². The molecule has 0 unspecified atom stereocenters. The molecule has 1 heterocycles. The van der Waals surface area contributed by atoms with Gasteiger partial charge in [0.1, 0.15) is 0 Å². The van der Waals surface area contributed by atoms with Crippen LogP contribution in [0.2, 0.25) is 10.2 Å². The van der Waals surface area contributed by atoms with Crippen molar-refractivity contribution in [2.75, 3.05) is 0 Å². The van der Waals surface area contributed by atoms with Crippen molar-refractivity contribution in [2.24, 2.45) is 0 Å². The van der Waals surface area contributed by atoms with Crippen LogP contribution in [0.1, 0.15) is 0 Å². The van der Waals surface area contributed by atoms with E-state index >= 15 is 0 Å². The summed E-state index contributed by atoms with van der Waals surface area (Å²) in [6, 6.07) is 7.30. The maximum absolute atomic E-state index is 5.94. The van der Waals surface area contributed by atoms with Crippen molar-refractivity contribution in [3.05, 3.63) is 40.6 Å². The van der Waals surface area contributed by atoms with E-state index in [1.807, 2.05) is 18.2 Å². The van der Waals surface area contributed by atoms with Crippen molar-refractivity contribution in [1.82, 2.24) is 15.0 Å². The molecule has 0 aliphatic carbocycles. The Kier molecular flexibility index (Phi) is 2.20. The van der Waals surface area contributed by atoms with Crippen LogP contribution in [0.3, 0.4) is 0 Å². The molecule has 3 nitrogen and oxygen atoms in total. The summed E-state index contributed by atoms with van der Waals surface area (Å²) >= 11 is 11.8. The zero-order chi connectivity index (χ0) is 9.26. The Hall–Kier alpha value is -1.06. The normalized spacial score (nSPS) is 10.3. The van der Waals surface area contributed by atoms with E-state index in [9.17, 15) is 0 Å². The fraction of sp³-hybridized carbons (Fsp3) is 0. The van der Waals surface area contributed by atoms with Crippen molar-refractivity contribution in [3.8, 4) is 5.69 Å². The highest BCUT2D eigenvalue weighted by Crippen LogP contribution is 2.21. The highest BCUT2D eigenvalue weighted by molar-refractivity contribution is 6.33. The molecule has 0 saturated heterocycles. The van der Waals surface area contributed by atoms with Crippen LogP contribution in [-0.4, -0.2) is 15.0 Å². The number of para-hydroxylation sites is 1. The molecule has 0 saturated carbocycles. The van der Waals surface area contributed by atoms with Crippen LogP contribution < -0.4 is 0 Å². The first-order valence-electron chi connectivity index (χ1n) is 3.60. The van der Waals surface area contributed by atoms with Gasteiger partial charge >= 0.3 is 0 Å². The van der Waals surface area contributed by atoms with Crippen LogP contribution >= 0.6 is 23.2 Å². The zero-order valence-corrected chi connectivity index (χ0v) is 8.00. The molecule has 2 rings (SSSR count). The molecular formula is C8H5Cl2N3. The Morgan fingerprint density at radius 3 is 2.54 bits per heavy atom. The quantitative estimate of drug-likeness (QED) is 0.730. The lowest BCUT2D eigenvalue weighted by Crippen LogP contribution is -1.97. The van der Waals surface area contributed by atoms with Crippen molar-refractivity contribution in [2.45, 2.75) is 0 Å². The van der Waals surface area contributed by atoms with Gasteiger partial charge in [0.15, 0.2) is 5.15 Å². The lowest BCUT2D eigenvalue weighted by molar-refractivity contribution is 0.804. The standard InChI is InChI=1S/C8H5Cl2N3/c9-6-3-1-2-4-7(6)13-8(10)5-11-12-13/h1-5H. The van der Waals surface area contributed by atoms with E-state index < -0.39 is 0 Å². The second-order valence-corrected chi connectivity index (χ2v) is 3.21. The van der Waals surface area contributed by atoms with E-state index in [0.29, 0.717) is 10.2 Å². The van der Waals surface area contributed by atoms with Gasteiger partial charge in [-0.05, 0) is 12.1 Å². The maximum atomic E-state index is 5.94. The molecule has 1 aromatic heterocycles. The summed E-state index contributed by atoms with van der Waals surface area (Å²) in [7, 11) is 0. The zero-order valence-electron chi connectivity index (χ0n) is 6.48. The molecule has 66 valence electrons. The van der Waals surface area contributed by atoms with Gasteiger partial charge in [0.05, 0.1) is 16.9 Å². The van der Waals surface area contributed by atoms with Gasteiger partial charge in [-0.3, -0.25) is 0 Å². The largest absolute Gasteiger partial charge is 0.200 e. The third kappa shape index (κ3) is 1.53. The predicted octanol–water partition coefficient (Wildman–Crippen LogP) is 2.57. The third-order valence-electron chi connectivity index (χ3n) is 1.59. The monoisotopic (exact) mass is 213 g/mol. The number of rotatable bonds is 1. The minimum Gasteiger partial charge on any atom is -0.200 e. The van der Waals surface area contributed by atoms with Gasteiger partial charge in [0.2, 0.25) is 0 Å². The Balaban J connectivity index is 2.59. The summed E-state index contributed by atoms with van der Waals surface area (Å²) in [4.78, 5) is 0. The fourth-order valence-corrected chi connectivity index (χ4v) is 1.39. The average Bonchev–Trinajstić information content (AvgIpc) is 2.52. The van der Waals surface area contributed by atoms with Crippen molar-refractivity contribution in [3.63, 3.8) is 0 Å². The first-order valence-corrected chi connectivity index (χ1v) is 4.36. The predicted molar refractivity (Wildman–Crippen MR) is 51.4 cm³/mol. The minimum absolute atomic E-state index is 0.438. The lowest BCUT2D eigenvalue weighted by atomic mass is 10.3. The molecule has 0 amide bonds. The molecule has 0 atom stereocenters. The Morgan fingerprint density at radius 1 is 1.15 bits per heavy atom. The molecule has 0 N–H and O–H groups in total. The third-order valence-corrected chi connectivity index (χ3v) is 2.17. The molecule has 0 aliphatic rings. The van der Waals surface area contributed by atoms with E-state index in [0.717, 1.165) is 5.69 Å². The number of benzene rings is 1. The van der Waals surface area contributed by atoms with Gasteiger partial charge in [-0.1, -0.05) is 40.5 Å². The lowest BCUT2D eigenvalue weighted by Gasteiger charge is -2.02. The van der Waals surface area contributed by atoms with Crippen molar-refractivity contribution >= 4 is 23.2 Å². The summed E-state index contributed by atoms with van der Waals surface area (Å²) in [5.41, 5.74) is 0.728. The first kappa shape index (κ1) is 8.53. The molecular weight excluding hydrogens is 209 g/mol. The SMILES string of the molecule is Clc1ccccc1-n1nncc1Cl. The summed E-state index contributed by atoms with van der Waals surface area (Å²) in [6.45, 7) is 0. The van der Waals surface area contributed by atoms with Crippen LogP contribution in [0.25, 0.3) is 5.69 Å². The maximum Gasteiger partial charge on any atom is 0.153 e. The van der Waals surface area contributed by atoms with Crippen LogP contribution in [0.5, 0.6) is 0 Å². The van der Waals surface area contributed by atoms with E-state index in [2.05, 4.69) is 10.3 Å². The smallest absolute Gasteiger partial charge is 0.153 e. The summed E-state index contributed by atoms with van der Waals surface area (Å²) in [6.07, 6.45) is 1.46. The molecule has 1 aromatic carbocycles. The topological polar surface area (TPSA) is 30.7 Å².